The maximum Gasteiger partial charge on any atom is 0.0511 e. The first kappa shape index (κ1) is 11.6. The van der Waals surface area contributed by atoms with Crippen molar-refractivity contribution in [1.82, 2.24) is 0 Å². The number of nitrogens with zero attached hydrogens (tertiary/aromatic N) is 1. The van der Waals surface area contributed by atoms with Crippen molar-refractivity contribution < 1.29 is 0 Å². The predicted molar refractivity (Wildman–Crippen MR) is 76.6 cm³/mol. The van der Waals surface area contributed by atoms with Crippen molar-refractivity contribution in [2.45, 2.75) is 39.0 Å². The van der Waals surface area contributed by atoms with Crippen molar-refractivity contribution in [3.05, 3.63) is 28.2 Å². The average molecular weight is 294 g/mol. The molecule has 0 unspecified atom stereocenters. The first-order chi connectivity index (χ1) is 8.19. The molecule has 0 aromatic heterocycles. The second kappa shape index (κ2) is 4.31. The van der Waals surface area contributed by atoms with Crippen LogP contribution >= 0.6 is 15.9 Å². The van der Waals surface area contributed by atoms with Crippen molar-refractivity contribution in [2.24, 2.45) is 5.41 Å². The first-order valence-corrected chi connectivity index (χ1v) is 7.49. The molecule has 1 saturated carbocycles. The second-order valence-corrected chi connectivity index (χ2v) is 6.73. The maximum atomic E-state index is 3.69. The van der Waals surface area contributed by atoms with Gasteiger partial charge in [0.2, 0.25) is 0 Å². The zero-order valence-electron chi connectivity index (χ0n) is 10.5. The molecule has 0 N–H and O–H groups in total. The van der Waals surface area contributed by atoms with Crippen LogP contribution in [0.3, 0.4) is 0 Å². The SMILES string of the molecule is Cc1ccc(N2CC3(CCCCC3)C2)c(Br)c1. The number of aryl methyl sites for hydroxylation is 1. The Morgan fingerprint density at radius 3 is 2.47 bits per heavy atom. The predicted octanol–water partition coefficient (Wildman–Crippen LogP) is 4.53. The fourth-order valence-electron chi connectivity index (χ4n) is 3.42. The molecule has 2 fully saturated rings. The molecule has 1 aromatic rings. The summed E-state index contributed by atoms with van der Waals surface area (Å²) in [6.45, 7) is 4.69. The van der Waals surface area contributed by atoms with Crippen molar-refractivity contribution in [1.29, 1.82) is 0 Å². The molecule has 2 aliphatic rings. The molecule has 92 valence electrons. The molecule has 0 amide bonds. The Kier molecular flexibility index (Phi) is 2.94. The maximum absolute atomic E-state index is 3.69. The summed E-state index contributed by atoms with van der Waals surface area (Å²) in [5, 5.41) is 0. The van der Waals surface area contributed by atoms with Crippen LogP contribution < -0.4 is 4.90 Å². The Morgan fingerprint density at radius 1 is 1.12 bits per heavy atom. The highest BCUT2D eigenvalue weighted by atomic mass is 79.9. The van der Waals surface area contributed by atoms with Crippen LogP contribution in [0.2, 0.25) is 0 Å². The van der Waals surface area contributed by atoms with E-state index in [-0.39, 0.29) is 0 Å². The second-order valence-electron chi connectivity index (χ2n) is 5.87. The zero-order chi connectivity index (χ0) is 11.9. The quantitative estimate of drug-likeness (QED) is 0.735. The highest BCUT2D eigenvalue weighted by molar-refractivity contribution is 9.10. The molecule has 0 atom stereocenters. The Balaban J connectivity index is 1.72. The summed E-state index contributed by atoms with van der Waals surface area (Å²) in [7, 11) is 0. The van der Waals surface area contributed by atoms with Crippen LogP contribution in [-0.4, -0.2) is 13.1 Å². The van der Waals surface area contributed by atoms with Crippen molar-refractivity contribution in [2.75, 3.05) is 18.0 Å². The standard InChI is InChI=1S/C15H20BrN/c1-12-5-6-14(13(16)9-12)17-10-15(11-17)7-3-2-4-8-15/h5-6,9H,2-4,7-8,10-11H2,1H3. The van der Waals surface area contributed by atoms with Crippen LogP contribution in [0.4, 0.5) is 5.69 Å². The summed E-state index contributed by atoms with van der Waals surface area (Å²) in [5.74, 6) is 0. The lowest BCUT2D eigenvalue weighted by atomic mass is 9.68. The number of rotatable bonds is 1. The van der Waals surface area contributed by atoms with Gasteiger partial charge in [-0.25, -0.2) is 0 Å². The van der Waals surface area contributed by atoms with Gasteiger partial charge in [-0.15, -0.1) is 0 Å². The number of hydrogen-bond donors (Lipinski definition) is 0. The zero-order valence-corrected chi connectivity index (χ0v) is 12.1. The number of anilines is 1. The van der Waals surface area contributed by atoms with Gasteiger partial charge in [0.1, 0.15) is 0 Å². The van der Waals surface area contributed by atoms with Gasteiger partial charge in [-0.05, 0) is 53.4 Å². The summed E-state index contributed by atoms with van der Waals surface area (Å²) in [4.78, 5) is 2.54. The van der Waals surface area contributed by atoms with Crippen LogP contribution in [0.1, 0.15) is 37.7 Å². The van der Waals surface area contributed by atoms with Gasteiger partial charge in [0.25, 0.3) is 0 Å². The van der Waals surface area contributed by atoms with Crippen molar-refractivity contribution in [3.8, 4) is 0 Å². The van der Waals surface area contributed by atoms with E-state index >= 15 is 0 Å². The van der Waals surface area contributed by atoms with Gasteiger partial charge < -0.3 is 4.90 Å². The van der Waals surface area contributed by atoms with E-state index in [1.807, 2.05) is 0 Å². The van der Waals surface area contributed by atoms with E-state index in [4.69, 9.17) is 0 Å². The van der Waals surface area contributed by atoms with E-state index in [0.717, 1.165) is 0 Å². The highest BCUT2D eigenvalue weighted by Gasteiger charge is 2.43. The van der Waals surface area contributed by atoms with Crippen molar-refractivity contribution >= 4 is 21.6 Å². The van der Waals surface area contributed by atoms with Crippen molar-refractivity contribution in [3.63, 3.8) is 0 Å². The molecule has 1 nitrogen and oxygen atoms in total. The Morgan fingerprint density at radius 2 is 1.82 bits per heavy atom. The third-order valence-electron chi connectivity index (χ3n) is 4.41. The van der Waals surface area contributed by atoms with E-state index in [9.17, 15) is 0 Å². The van der Waals surface area contributed by atoms with Gasteiger partial charge in [-0.2, -0.15) is 0 Å². The van der Waals surface area contributed by atoms with Gasteiger partial charge in [-0.1, -0.05) is 25.3 Å². The summed E-state index contributed by atoms with van der Waals surface area (Å²) in [6.07, 6.45) is 7.25. The summed E-state index contributed by atoms with van der Waals surface area (Å²) in [6, 6.07) is 6.70. The molecular formula is C15H20BrN. The van der Waals surface area contributed by atoms with Gasteiger partial charge in [0.15, 0.2) is 0 Å². The third kappa shape index (κ3) is 2.12. The normalized spacial score (nSPS) is 22.6. The third-order valence-corrected chi connectivity index (χ3v) is 5.05. The monoisotopic (exact) mass is 293 g/mol. The van der Waals surface area contributed by atoms with E-state index in [1.54, 1.807) is 0 Å². The molecule has 1 saturated heterocycles. The Bertz CT molecular complexity index is 413. The molecule has 1 heterocycles. The van der Waals surface area contributed by atoms with E-state index in [0.29, 0.717) is 5.41 Å². The van der Waals surface area contributed by atoms with Gasteiger partial charge in [0, 0.05) is 23.0 Å². The summed E-state index contributed by atoms with van der Waals surface area (Å²) < 4.78 is 1.25. The molecule has 1 aliphatic carbocycles. The van der Waals surface area contributed by atoms with Crippen LogP contribution in [0, 0.1) is 12.3 Å². The lowest BCUT2D eigenvalue weighted by Gasteiger charge is -2.53. The highest BCUT2D eigenvalue weighted by Crippen LogP contribution is 2.46. The summed E-state index contributed by atoms with van der Waals surface area (Å²) in [5.41, 5.74) is 3.38. The lowest BCUT2D eigenvalue weighted by molar-refractivity contribution is 0.139. The molecule has 0 bridgehead atoms. The molecular weight excluding hydrogens is 274 g/mol. The minimum absolute atomic E-state index is 0.669. The molecule has 2 heteroatoms. The lowest BCUT2D eigenvalue weighted by Crippen LogP contribution is -2.57. The molecule has 1 aromatic carbocycles. The Hall–Kier alpha value is -0.500. The van der Waals surface area contributed by atoms with Gasteiger partial charge in [0.05, 0.1) is 5.69 Å². The van der Waals surface area contributed by atoms with E-state index in [1.165, 1.54) is 60.9 Å². The fraction of sp³-hybridized carbons (Fsp3) is 0.600. The summed E-state index contributed by atoms with van der Waals surface area (Å²) >= 11 is 3.69. The fourth-order valence-corrected chi connectivity index (χ4v) is 4.16. The average Bonchev–Trinajstić information content (AvgIpc) is 2.27. The largest absolute Gasteiger partial charge is 0.369 e. The van der Waals surface area contributed by atoms with E-state index in [2.05, 4.69) is 46.0 Å². The molecule has 1 aliphatic heterocycles. The minimum atomic E-state index is 0.669. The van der Waals surface area contributed by atoms with Gasteiger partial charge >= 0.3 is 0 Å². The minimum Gasteiger partial charge on any atom is -0.369 e. The smallest absolute Gasteiger partial charge is 0.0511 e. The van der Waals surface area contributed by atoms with Gasteiger partial charge in [-0.3, -0.25) is 0 Å². The van der Waals surface area contributed by atoms with Crippen LogP contribution in [-0.2, 0) is 0 Å². The number of halogens is 1. The molecule has 17 heavy (non-hydrogen) atoms. The van der Waals surface area contributed by atoms with Crippen LogP contribution in [0.25, 0.3) is 0 Å². The Labute approximate surface area is 112 Å². The topological polar surface area (TPSA) is 3.24 Å². The molecule has 1 spiro atoms. The molecule has 0 radical (unpaired) electrons. The van der Waals surface area contributed by atoms with Crippen LogP contribution in [0.5, 0.6) is 0 Å². The molecule has 3 rings (SSSR count). The first-order valence-electron chi connectivity index (χ1n) is 6.70. The number of hydrogen-bond acceptors (Lipinski definition) is 1. The van der Waals surface area contributed by atoms with E-state index < -0.39 is 0 Å². The number of benzene rings is 1. The van der Waals surface area contributed by atoms with Crippen LogP contribution in [0.15, 0.2) is 22.7 Å².